The molecule has 0 heterocycles. The number of rotatable bonds is 2. The Morgan fingerprint density at radius 2 is 1.44 bits per heavy atom. The van der Waals surface area contributed by atoms with Crippen LogP contribution >= 0.6 is 22.6 Å². The van der Waals surface area contributed by atoms with Crippen LogP contribution in [0.25, 0.3) is 0 Å². The number of alkyl halides is 8. The minimum atomic E-state index is -5.12. The van der Waals surface area contributed by atoms with Gasteiger partial charge in [-0.15, -0.1) is 0 Å². The lowest BCUT2D eigenvalue weighted by atomic mass is 9.68. The Morgan fingerprint density at radius 1 is 1.00 bits per heavy atom. The maximum absolute atomic E-state index is 14.3. The molecule has 18 heavy (non-hydrogen) atoms. The summed E-state index contributed by atoms with van der Waals surface area (Å²) in [4.78, 5) is 0. The Morgan fingerprint density at radius 3 is 1.83 bits per heavy atom. The van der Waals surface area contributed by atoms with E-state index in [1.165, 1.54) is 6.92 Å². The molecule has 1 rings (SSSR count). The number of hydrogen-bond donors (Lipinski definition) is 0. The molecule has 0 nitrogen and oxygen atoms in total. The first-order valence-electron chi connectivity index (χ1n) is 5.28. The van der Waals surface area contributed by atoms with E-state index in [2.05, 4.69) is 0 Å². The molecule has 1 aliphatic carbocycles. The third-order valence-corrected chi connectivity index (χ3v) is 4.79. The van der Waals surface area contributed by atoms with Crippen molar-refractivity contribution in [1.29, 1.82) is 0 Å². The highest BCUT2D eigenvalue weighted by atomic mass is 127. The lowest BCUT2D eigenvalue weighted by molar-refractivity contribution is -0.322. The molecule has 0 N–H and O–H groups in total. The van der Waals surface area contributed by atoms with Gasteiger partial charge in [-0.2, -0.15) is 8.78 Å². The normalized spacial score (nSPS) is 47.0. The van der Waals surface area contributed by atoms with Crippen molar-refractivity contribution in [2.75, 3.05) is 0 Å². The smallest absolute Gasteiger partial charge is 0.240 e. The van der Waals surface area contributed by atoms with E-state index in [0.717, 1.165) is 0 Å². The van der Waals surface area contributed by atoms with Crippen LogP contribution in [0.3, 0.4) is 0 Å². The largest absolute Gasteiger partial charge is 0.332 e. The summed E-state index contributed by atoms with van der Waals surface area (Å²) in [5.41, 5.74) is -7.46. The van der Waals surface area contributed by atoms with Crippen molar-refractivity contribution in [3.05, 3.63) is 0 Å². The fourth-order valence-electron chi connectivity index (χ4n) is 2.24. The van der Waals surface area contributed by atoms with Gasteiger partial charge in [-0.05, 0) is 35.9 Å². The zero-order valence-electron chi connectivity index (χ0n) is 9.65. The predicted octanol–water partition coefficient (Wildman–Crippen LogP) is 5.00. The van der Waals surface area contributed by atoms with Gasteiger partial charge in [0.05, 0.1) is 6.42 Å². The maximum atomic E-state index is 14.3. The van der Waals surface area contributed by atoms with Crippen LogP contribution in [-0.4, -0.2) is 26.9 Å². The monoisotopic (exact) mass is 392 g/mol. The minimum absolute atomic E-state index is 0.185. The minimum Gasteiger partial charge on any atom is -0.240 e. The molecule has 0 aromatic rings. The van der Waals surface area contributed by atoms with Crippen molar-refractivity contribution < 1.29 is 30.7 Å². The molecular weight excluding hydrogens is 380 g/mol. The molecule has 3 atom stereocenters. The molecule has 108 valence electrons. The molecule has 0 amide bonds. The second-order valence-electron chi connectivity index (χ2n) is 4.78. The second kappa shape index (κ2) is 4.12. The summed E-state index contributed by atoms with van der Waals surface area (Å²) < 4.78 is 91.5. The van der Waals surface area contributed by atoms with Gasteiger partial charge in [0.2, 0.25) is 5.67 Å². The Kier molecular flexibility index (Phi) is 3.73. The van der Waals surface area contributed by atoms with E-state index in [9.17, 15) is 30.7 Å². The zero-order valence-corrected chi connectivity index (χ0v) is 11.8. The summed E-state index contributed by atoms with van der Waals surface area (Å²) >= 11 is 0.185. The van der Waals surface area contributed by atoms with E-state index in [1.807, 2.05) is 0 Å². The molecule has 0 spiro atoms. The third-order valence-electron chi connectivity index (χ3n) is 3.33. The van der Waals surface area contributed by atoms with Crippen LogP contribution in [0.15, 0.2) is 0 Å². The van der Waals surface area contributed by atoms with Crippen molar-refractivity contribution in [2.24, 2.45) is 0 Å². The molecular formula is C10H12F7I. The van der Waals surface area contributed by atoms with Gasteiger partial charge in [0, 0.05) is 0 Å². The van der Waals surface area contributed by atoms with E-state index in [4.69, 9.17) is 0 Å². The molecule has 0 saturated heterocycles. The summed E-state index contributed by atoms with van der Waals surface area (Å²) in [6, 6.07) is 0. The average molecular weight is 392 g/mol. The molecule has 0 aromatic heterocycles. The zero-order chi connectivity index (χ0) is 14.6. The van der Waals surface area contributed by atoms with Crippen LogP contribution in [0.1, 0.15) is 33.1 Å². The molecule has 1 aliphatic rings. The fourth-order valence-corrected chi connectivity index (χ4v) is 2.85. The van der Waals surface area contributed by atoms with Crippen LogP contribution < -0.4 is 0 Å². The molecule has 1 fully saturated rings. The van der Waals surface area contributed by atoms with Gasteiger partial charge in [-0.1, -0.05) is 13.3 Å². The molecule has 0 aromatic carbocycles. The van der Waals surface area contributed by atoms with Crippen molar-refractivity contribution in [1.82, 2.24) is 0 Å². The lowest BCUT2D eigenvalue weighted by Crippen LogP contribution is -2.74. The molecule has 8 heteroatoms. The Hall–Kier alpha value is 0.240. The Balaban J connectivity index is 3.45. The molecule has 3 unspecified atom stereocenters. The predicted molar refractivity (Wildman–Crippen MR) is 60.6 cm³/mol. The topological polar surface area (TPSA) is 0 Å². The van der Waals surface area contributed by atoms with E-state index < -0.39 is 39.7 Å². The summed E-state index contributed by atoms with van der Waals surface area (Å²) in [5, 5.41) is 0. The lowest BCUT2D eigenvalue weighted by Gasteiger charge is -2.53. The van der Waals surface area contributed by atoms with Crippen LogP contribution in [0.4, 0.5) is 30.7 Å². The van der Waals surface area contributed by atoms with Crippen molar-refractivity contribution in [3.8, 4) is 0 Å². The number of hydrogen-bond acceptors (Lipinski definition) is 0. The van der Waals surface area contributed by atoms with Gasteiger partial charge in [0.1, 0.15) is 0 Å². The molecule has 0 radical (unpaired) electrons. The van der Waals surface area contributed by atoms with E-state index in [-0.39, 0.29) is 29.0 Å². The van der Waals surface area contributed by atoms with Crippen molar-refractivity contribution in [3.63, 3.8) is 0 Å². The highest BCUT2D eigenvalue weighted by molar-refractivity contribution is 14.1. The quantitative estimate of drug-likeness (QED) is 0.353. The SMILES string of the molecule is CCCC1(F)C(C)(F)CC(F)(F)C(F)(I)C1(F)F. The maximum Gasteiger partial charge on any atom is 0.332 e. The van der Waals surface area contributed by atoms with E-state index in [0.29, 0.717) is 6.92 Å². The highest BCUT2D eigenvalue weighted by Gasteiger charge is 2.85. The summed E-state index contributed by atoms with van der Waals surface area (Å²) in [7, 11) is 0. The van der Waals surface area contributed by atoms with Gasteiger partial charge in [-0.25, -0.2) is 22.0 Å². The van der Waals surface area contributed by atoms with Gasteiger partial charge >= 0.3 is 5.92 Å². The fraction of sp³-hybridized carbons (Fsp3) is 1.00. The summed E-state index contributed by atoms with van der Waals surface area (Å²) in [5.74, 6) is -9.77. The first-order valence-corrected chi connectivity index (χ1v) is 6.36. The van der Waals surface area contributed by atoms with Crippen LogP contribution in [0.5, 0.6) is 0 Å². The van der Waals surface area contributed by atoms with Gasteiger partial charge in [0.25, 0.3) is 9.60 Å². The highest BCUT2D eigenvalue weighted by Crippen LogP contribution is 2.66. The van der Waals surface area contributed by atoms with Gasteiger partial charge in [-0.3, -0.25) is 0 Å². The van der Waals surface area contributed by atoms with E-state index >= 15 is 0 Å². The van der Waals surface area contributed by atoms with Crippen LogP contribution in [0, 0.1) is 0 Å². The first kappa shape index (κ1) is 16.3. The average Bonchev–Trinajstić information content (AvgIpc) is 2.13. The standard InChI is InChI=1S/C10H12F7I/c1-3-4-7(12)6(2,11)5-8(13,14)10(17,18)9(7,15)16/h3-5H2,1-2H3. The van der Waals surface area contributed by atoms with Crippen LogP contribution in [0.2, 0.25) is 0 Å². The third kappa shape index (κ3) is 1.76. The Bertz CT molecular complexity index is 339. The van der Waals surface area contributed by atoms with Gasteiger partial charge in [0.15, 0.2) is 5.67 Å². The van der Waals surface area contributed by atoms with Gasteiger partial charge < -0.3 is 0 Å². The Labute approximate surface area is 113 Å². The van der Waals surface area contributed by atoms with Crippen LogP contribution in [-0.2, 0) is 0 Å². The van der Waals surface area contributed by atoms with E-state index in [1.54, 1.807) is 0 Å². The summed E-state index contributed by atoms with van der Waals surface area (Å²) in [6.45, 7) is 1.61. The second-order valence-corrected chi connectivity index (χ2v) is 6.27. The molecule has 1 saturated carbocycles. The molecule has 0 aliphatic heterocycles. The van der Waals surface area contributed by atoms with Crippen molar-refractivity contribution >= 4 is 22.6 Å². The van der Waals surface area contributed by atoms with Crippen molar-refractivity contribution in [2.45, 2.75) is 60.0 Å². The first-order chi connectivity index (χ1) is 7.77. The summed E-state index contributed by atoms with van der Waals surface area (Å²) in [6.07, 6.45) is -3.16. The number of halogens is 8. The molecule has 0 bridgehead atoms.